The van der Waals surface area contributed by atoms with Crippen LogP contribution in [0.15, 0.2) is 66.9 Å². The van der Waals surface area contributed by atoms with Crippen LogP contribution in [0.5, 0.6) is 0 Å². The summed E-state index contributed by atoms with van der Waals surface area (Å²) in [6.45, 7) is 6.04. The van der Waals surface area contributed by atoms with Crippen molar-refractivity contribution in [3.05, 3.63) is 78.0 Å². The molecule has 2 aromatic carbocycles. The van der Waals surface area contributed by atoms with Gasteiger partial charge in [-0.25, -0.2) is 14.8 Å². The van der Waals surface area contributed by atoms with Gasteiger partial charge in [-0.15, -0.1) is 0 Å². The van der Waals surface area contributed by atoms with Gasteiger partial charge in [0.2, 0.25) is 11.8 Å². The predicted molar refractivity (Wildman–Crippen MR) is 132 cm³/mol. The van der Waals surface area contributed by atoms with Gasteiger partial charge in [0.25, 0.3) is 11.7 Å². The molecule has 0 saturated heterocycles. The summed E-state index contributed by atoms with van der Waals surface area (Å²) in [4.78, 5) is 65.7. The van der Waals surface area contributed by atoms with Crippen LogP contribution >= 0.6 is 0 Å². The molecule has 0 fully saturated rings. The van der Waals surface area contributed by atoms with Gasteiger partial charge < -0.3 is 10.0 Å². The number of carbonyl (C=O) groups excluding carboxylic acids is 4. The van der Waals surface area contributed by atoms with Gasteiger partial charge in [-0.2, -0.15) is 0 Å². The maximum atomic E-state index is 14.0. The summed E-state index contributed by atoms with van der Waals surface area (Å²) in [6, 6.07) is 14.8. The van der Waals surface area contributed by atoms with Crippen molar-refractivity contribution in [1.29, 1.82) is 0 Å². The van der Waals surface area contributed by atoms with E-state index in [9.17, 15) is 29.1 Å². The molecule has 188 valence electrons. The number of hydrogen-bond donors (Lipinski definition) is 1. The van der Waals surface area contributed by atoms with E-state index in [1.54, 1.807) is 74.5 Å². The summed E-state index contributed by atoms with van der Waals surface area (Å²) in [7, 11) is 0. The Morgan fingerprint density at radius 1 is 0.944 bits per heavy atom. The second-order valence-corrected chi connectivity index (χ2v) is 8.88. The highest BCUT2D eigenvalue weighted by Crippen LogP contribution is 2.33. The number of Topliss-reactive ketones (excluding diaryl/α,β-unsaturated/α-hetero) is 1. The van der Waals surface area contributed by atoms with Crippen LogP contribution in [0.1, 0.15) is 38.8 Å². The van der Waals surface area contributed by atoms with Crippen molar-refractivity contribution >= 4 is 35.2 Å². The molecule has 0 spiro atoms. The number of carboxylic acid groups (broad SMARTS) is 1. The van der Waals surface area contributed by atoms with Crippen molar-refractivity contribution in [2.45, 2.75) is 46.2 Å². The highest BCUT2D eigenvalue weighted by molar-refractivity contribution is 6.35. The number of hydrazine groups is 1. The Labute approximate surface area is 209 Å². The quantitative estimate of drug-likeness (QED) is 0.568. The third kappa shape index (κ3) is 5.35. The van der Waals surface area contributed by atoms with Crippen LogP contribution in [0.3, 0.4) is 0 Å². The van der Waals surface area contributed by atoms with Gasteiger partial charge in [0.05, 0.1) is 5.70 Å². The normalized spacial score (nSPS) is 16.4. The Hall–Kier alpha value is -4.27. The molecule has 1 heterocycles. The zero-order valence-electron chi connectivity index (χ0n) is 20.6. The molecule has 3 amide bonds. The maximum absolute atomic E-state index is 14.0. The van der Waals surface area contributed by atoms with Crippen LogP contribution < -0.4 is 0 Å². The summed E-state index contributed by atoms with van der Waals surface area (Å²) in [5, 5.41) is 11.6. The molecule has 1 aliphatic heterocycles. The number of benzene rings is 2. The van der Waals surface area contributed by atoms with E-state index >= 15 is 0 Å². The zero-order chi connectivity index (χ0) is 26.6. The Morgan fingerprint density at radius 3 is 1.97 bits per heavy atom. The van der Waals surface area contributed by atoms with Crippen LogP contribution in [0.4, 0.5) is 0 Å². The molecule has 9 nitrogen and oxygen atoms in total. The molecule has 1 aliphatic rings. The summed E-state index contributed by atoms with van der Waals surface area (Å²) in [5.41, 5.74) is 1.30. The molecule has 0 radical (unpaired) electrons. The first kappa shape index (κ1) is 26.3. The minimum Gasteiger partial charge on any atom is -0.475 e. The van der Waals surface area contributed by atoms with Crippen LogP contribution in [-0.4, -0.2) is 61.6 Å². The number of aliphatic carboxylic acids is 1. The Balaban J connectivity index is 2.26. The zero-order valence-corrected chi connectivity index (χ0v) is 20.6. The van der Waals surface area contributed by atoms with Crippen LogP contribution in [-0.2, 0) is 30.4 Å². The van der Waals surface area contributed by atoms with Gasteiger partial charge in [0.15, 0.2) is 0 Å². The van der Waals surface area contributed by atoms with Crippen molar-refractivity contribution < 1.29 is 29.1 Å². The van der Waals surface area contributed by atoms with E-state index in [-0.39, 0.29) is 23.9 Å². The fraction of sp³-hybridized carbons (Fsp3) is 0.296. The molecule has 0 aromatic heterocycles. The lowest BCUT2D eigenvalue weighted by Gasteiger charge is -2.46. The molecular weight excluding hydrogens is 462 g/mol. The lowest BCUT2D eigenvalue weighted by molar-refractivity contribution is -0.171. The molecule has 0 aliphatic carbocycles. The summed E-state index contributed by atoms with van der Waals surface area (Å²) < 4.78 is 0. The second kappa shape index (κ2) is 11.0. The maximum Gasteiger partial charge on any atom is 0.374 e. The summed E-state index contributed by atoms with van der Waals surface area (Å²) >= 11 is 0. The monoisotopic (exact) mass is 491 g/mol. The molecule has 0 bridgehead atoms. The molecule has 0 unspecified atom stereocenters. The van der Waals surface area contributed by atoms with E-state index in [0.717, 1.165) is 10.0 Å². The lowest BCUT2D eigenvalue weighted by atomic mass is 9.97. The topological polar surface area (TPSA) is 115 Å². The first-order valence-corrected chi connectivity index (χ1v) is 11.6. The van der Waals surface area contributed by atoms with Crippen molar-refractivity contribution in [3.8, 4) is 0 Å². The van der Waals surface area contributed by atoms with E-state index < -0.39 is 35.7 Å². The highest BCUT2D eigenvalue weighted by atomic mass is 16.4. The van der Waals surface area contributed by atoms with E-state index in [1.807, 2.05) is 0 Å². The van der Waals surface area contributed by atoms with Crippen molar-refractivity contribution in [1.82, 2.24) is 14.9 Å². The van der Waals surface area contributed by atoms with E-state index in [2.05, 4.69) is 0 Å². The standard InChI is InChI=1S/C27H29N3O6/c1-17(2)24-26(34)30(23(16-28(24)18(3)31)21-13-9-6-10-14-21)29(19(4)32)22(25(33)27(35)36)15-20-11-7-5-8-12-20/h5-14,16-17,22,24H,15H2,1-4H3,(H,35,36)/t22-,24+/m0/s1. The molecule has 0 saturated carbocycles. The molecule has 2 atom stereocenters. The van der Waals surface area contributed by atoms with Crippen LogP contribution in [0.2, 0.25) is 0 Å². The van der Waals surface area contributed by atoms with E-state index in [1.165, 1.54) is 24.9 Å². The van der Waals surface area contributed by atoms with Gasteiger partial charge in [-0.1, -0.05) is 74.5 Å². The van der Waals surface area contributed by atoms with Crippen LogP contribution in [0.25, 0.3) is 5.70 Å². The highest BCUT2D eigenvalue weighted by Gasteiger charge is 2.46. The lowest BCUT2D eigenvalue weighted by Crippen LogP contribution is -2.63. The third-order valence-electron chi connectivity index (χ3n) is 5.93. The number of nitrogens with zero attached hydrogens (tertiary/aromatic N) is 3. The van der Waals surface area contributed by atoms with E-state index in [4.69, 9.17) is 0 Å². The Bertz CT molecular complexity index is 1190. The molecule has 1 N–H and O–H groups in total. The Kier molecular flexibility index (Phi) is 8.03. The average molecular weight is 492 g/mol. The predicted octanol–water partition coefficient (Wildman–Crippen LogP) is 2.73. The number of amides is 3. The number of carbonyl (C=O) groups is 5. The number of carboxylic acids is 1. The largest absolute Gasteiger partial charge is 0.475 e. The van der Waals surface area contributed by atoms with Crippen molar-refractivity contribution in [2.24, 2.45) is 5.92 Å². The van der Waals surface area contributed by atoms with Crippen molar-refractivity contribution in [3.63, 3.8) is 0 Å². The van der Waals surface area contributed by atoms with Gasteiger partial charge in [0.1, 0.15) is 12.1 Å². The van der Waals surface area contributed by atoms with Gasteiger partial charge in [0, 0.05) is 32.0 Å². The van der Waals surface area contributed by atoms with E-state index in [0.29, 0.717) is 11.1 Å². The second-order valence-electron chi connectivity index (χ2n) is 8.88. The number of hydrogen-bond acceptors (Lipinski definition) is 5. The minimum atomic E-state index is -1.72. The van der Waals surface area contributed by atoms with Gasteiger partial charge in [-0.3, -0.25) is 19.2 Å². The first-order valence-electron chi connectivity index (χ1n) is 11.6. The molecule has 2 aromatic rings. The summed E-state index contributed by atoms with van der Waals surface area (Å²) in [6.07, 6.45) is 1.35. The third-order valence-corrected chi connectivity index (χ3v) is 5.93. The first-order chi connectivity index (χ1) is 17.0. The molecular formula is C27H29N3O6. The minimum absolute atomic E-state index is 0.125. The van der Waals surface area contributed by atoms with Crippen molar-refractivity contribution in [2.75, 3.05) is 0 Å². The summed E-state index contributed by atoms with van der Waals surface area (Å²) in [5.74, 6) is -4.97. The smallest absolute Gasteiger partial charge is 0.374 e. The van der Waals surface area contributed by atoms with Crippen LogP contribution in [0, 0.1) is 5.92 Å². The van der Waals surface area contributed by atoms with Gasteiger partial charge in [-0.05, 0) is 11.5 Å². The fourth-order valence-electron chi connectivity index (χ4n) is 4.32. The molecule has 3 rings (SSSR count). The molecule has 36 heavy (non-hydrogen) atoms. The average Bonchev–Trinajstić information content (AvgIpc) is 2.84. The molecule has 9 heteroatoms. The fourth-order valence-corrected chi connectivity index (χ4v) is 4.32. The number of ketones is 1. The number of rotatable bonds is 8. The van der Waals surface area contributed by atoms with Gasteiger partial charge >= 0.3 is 5.97 Å². The SMILES string of the molecule is CC(=O)N1C=C(c2ccccc2)N(N(C(C)=O)[C@@H](Cc2ccccc2)C(=O)C(=O)O)C(=O)[C@H]1C(C)C. The Morgan fingerprint density at radius 2 is 1.50 bits per heavy atom.